The maximum Gasteiger partial charge on any atom is 0.112 e. The molecule has 3 heterocycles. The molecule has 18 heavy (non-hydrogen) atoms. The molecule has 89 valence electrons. The van der Waals surface area contributed by atoms with Gasteiger partial charge in [-0.1, -0.05) is 0 Å². The molecule has 0 unspecified atom stereocenters. The lowest BCUT2D eigenvalue weighted by atomic mass is 10.2. The first-order valence-electron chi connectivity index (χ1n) is 5.52. The summed E-state index contributed by atoms with van der Waals surface area (Å²) >= 11 is 0. The van der Waals surface area contributed by atoms with Crippen molar-refractivity contribution in [3.63, 3.8) is 0 Å². The van der Waals surface area contributed by atoms with Crippen LogP contribution in [0.5, 0.6) is 0 Å². The maximum absolute atomic E-state index is 6.01. The maximum atomic E-state index is 6.01. The number of hydrogen-bond donors (Lipinski definition) is 1. The van der Waals surface area contributed by atoms with Gasteiger partial charge in [0.25, 0.3) is 0 Å². The number of aromatic nitrogens is 4. The first-order valence-corrected chi connectivity index (χ1v) is 5.52. The zero-order valence-electron chi connectivity index (χ0n) is 9.96. The molecule has 0 amide bonds. The molecule has 3 aromatic heterocycles. The van der Waals surface area contributed by atoms with Gasteiger partial charge in [0.15, 0.2) is 0 Å². The molecule has 0 saturated heterocycles. The van der Waals surface area contributed by atoms with E-state index in [9.17, 15) is 0 Å². The van der Waals surface area contributed by atoms with Gasteiger partial charge in [-0.3, -0.25) is 4.68 Å². The molecule has 0 atom stereocenters. The van der Waals surface area contributed by atoms with Crippen molar-refractivity contribution < 1.29 is 0 Å². The largest absolute Gasteiger partial charge is 0.397 e. The molecule has 0 aliphatic carbocycles. The van der Waals surface area contributed by atoms with Crippen LogP contribution in [0.15, 0.2) is 30.6 Å². The van der Waals surface area contributed by atoms with Crippen molar-refractivity contribution in [1.82, 2.24) is 19.7 Å². The van der Waals surface area contributed by atoms with E-state index in [4.69, 9.17) is 5.73 Å². The van der Waals surface area contributed by atoms with Gasteiger partial charge in [-0.2, -0.15) is 5.10 Å². The molecule has 0 bridgehead atoms. The number of anilines is 1. The highest BCUT2D eigenvalue weighted by atomic mass is 15.2. The van der Waals surface area contributed by atoms with Gasteiger partial charge in [0.05, 0.1) is 23.1 Å². The molecule has 5 heteroatoms. The summed E-state index contributed by atoms with van der Waals surface area (Å²) in [5, 5.41) is 4.13. The Morgan fingerprint density at radius 3 is 2.83 bits per heavy atom. The van der Waals surface area contributed by atoms with Crippen molar-refractivity contribution in [2.45, 2.75) is 0 Å². The van der Waals surface area contributed by atoms with Gasteiger partial charge in [-0.25, -0.2) is 9.97 Å². The summed E-state index contributed by atoms with van der Waals surface area (Å²) in [6.07, 6.45) is 3.66. The molecule has 5 nitrogen and oxygen atoms in total. The summed E-state index contributed by atoms with van der Waals surface area (Å²) < 4.78 is 1.73. The predicted molar refractivity (Wildman–Crippen MR) is 70.6 cm³/mol. The number of nitrogens with two attached hydrogens (primary N) is 1. The highest BCUT2D eigenvalue weighted by molar-refractivity contribution is 5.89. The van der Waals surface area contributed by atoms with Crippen LogP contribution in [0.2, 0.25) is 0 Å². The second-order valence-electron chi connectivity index (χ2n) is 4.17. The van der Waals surface area contributed by atoms with E-state index < -0.39 is 0 Å². The summed E-state index contributed by atoms with van der Waals surface area (Å²) in [5.74, 6) is 0. The van der Waals surface area contributed by atoms with E-state index in [0.29, 0.717) is 16.9 Å². The molecule has 0 fully saturated rings. The van der Waals surface area contributed by atoms with Crippen LogP contribution in [0.25, 0.3) is 22.3 Å². The van der Waals surface area contributed by atoms with Crippen molar-refractivity contribution >= 4 is 16.7 Å². The predicted octanol–water partition coefficient (Wildman–Crippen LogP) is 1.79. The lowest BCUT2D eigenvalue weighted by Gasteiger charge is -2.04. The van der Waals surface area contributed by atoms with Gasteiger partial charge in [-0.05, 0) is 25.1 Å². The number of nitrogens with zero attached hydrogens (tertiary/aromatic N) is 4. The van der Waals surface area contributed by atoms with Gasteiger partial charge < -0.3 is 5.73 Å². The lowest BCUT2D eigenvalue weighted by Crippen LogP contribution is -1.95. The first-order chi connectivity index (χ1) is 8.63. The smallest absolute Gasteiger partial charge is 0.112 e. The standard InChI is InChI=1S/C13H12N5/c1-8-3-4-11-13(16-8)10(14)5-12(17-11)9-6-15-18(2)7-9/h3-7H,1H2,2H3,(H2,14,17). The zero-order chi connectivity index (χ0) is 12.7. The Bertz CT molecular complexity index is 729. The van der Waals surface area contributed by atoms with Gasteiger partial charge >= 0.3 is 0 Å². The molecule has 2 N–H and O–H groups in total. The van der Waals surface area contributed by atoms with Gasteiger partial charge in [-0.15, -0.1) is 0 Å². The zero-order valence-corrected chi connectivity index (χ0v) is 9.96. The monoisotopic (exact) mass is 238 g/mol. The van der Waals surface area contributed by atoms with E-state index in [1.54, 1.807) is 10.9 Å². The molecule has 3 aromatic rings. The van der Waals surface area contributed by atoms with Crippen LogP contribution in [0.3, 0.4) is 0 Å². The van der Waals surface area contributed by atoms with E-state index in [1.165, 1.54) is 0 Å². The lowest BCUT2D eigenvalue weighted by molar-refractivity contribution is 0.768. The summed E-state index contributed by atoms with van der Waals surface area (Å²) in [6.45, 7) is 3.79. The van der Waals surface area contributed by atoms with E-state index in [0.717, 1.165) is 16.8 Å². The second-order valence-corrected chi connectivity index (χ2v) is 4.17. The summed E-state index contributed by atoms with van der Waals surface area (Å²) in [5.41, 5.74) is 10.5. The van der Waals surface area contributed by atoms with Gasteiger partial charge in [0.1, 0.15) is 5.52 Å². The van der Waals surface area contributed by atoms with Crippen LogP contribution >= 0.6 is 0 Å². The number of hydrogen-bond acceptors (Lipinski definition) is 4. The molecular weight excluding hydrogens is 226 g/mol. The fourth-order valence-corrected chi connectivity index (χ4v) is 1.87. The fraction of sp³-hybridized carbons (Fsp3) is 0.0769. The number of fused-ring (bicyclic) bond motifs is 1. The Morgan fingerprint density at radius 1 is 1.28 bits per heavy atom. The van der Waals surface area contributed by atoms with Crippen molar-refractivity contribution in [3.05, 3.63) is 43.2 Å². The van der Waals surface area contributed by atoms with Crippen LogP contribution in [-0.2, 0) is 7.05 Å². The average Bonchev–Trinajstić information content (AvgIpc) is 2.77. The Balaban J connectivity index is 2.24. The fourth-order valence-electron chi connectivity index (χ4n) is 1.87. The van der Waals surface area contributed by atoms with Crippen molar-refractivity contribution in [2.24, 2.45) is 7.05 Å². The van der Waals surface area contributed by atoms with Crippen LogP contribution in [-0.4, -0.2) is 19.7 Å². The number of rotatable bonds is 1. The summed E-state index contributed by atoms with van der Waals surface area (Å²) in [6, 6.07) is 5.51. The van der Waals surface area contributed by atoms with Crippen molar-refractivity contribution in [2.75, 3.05) is 5.73 Å². The quantitative estimate of drug-likeness (QED) is 0.701. The third kappa shape index (κ3) is 1.69. The molecule has 0 aliphatic heterocycles. The van der Waals surface area contributed by atoms with Crippen LogP contribution in [0.4, 0.5) is 5.69 Å². The number of aryl methyl sites for hydroxylation is 1. The minimum atomic E-state index is 0.601. The summed E-state index contributed by atoms with van der Waals surface area (Å²) in [4.78, 5) is 8.83. The molecule has 0 saturated carbocycles. The molecular formula is C13H12N5. The van der Waals surface area contributed by atoms with Crippen molar-refractivity contribution in [1.29, 1.82) is 0 Å². The third-order valence-electron chi connectivity index (χ3n) is 2.74. The second kappa shape index (κ2) is 3.80. The first kappa shape index (κ1) is 10.7. The molecule has 0 aromatic carbocycles. The number of pyridine rings is 2. The Morgan fingerprint density at radius 2 is 2.11 bits per heavy atom. The minimum absolute atomic E-state index is 0.601. The van der Waals surface area contributed by atoms with Crippen molar-refractivity contribution in [3.8, 4) is 11.3 Å². The highest BCUT2D eigenvalue weighted by Gasteiger charge is 2.08. The van der Waals surface area contributed by atoms with Gasteiger partial charge in [0, 0.05) is 24.5 Å². The average molecular weight is 238 g/mol. The summed E-state index contributed by atoms with van der Waals surface area (Å²) in [7, 11) is 1.87. The van der Waals surface area contributed by atoms with Crippen LogP contribution in [0.1, 0.15) is 5.69 Å². The van der Waals surface area contributed by atoms with E-state index in [1.807, 2.05) is 31.4 Å². The molecule has 0 aliphatic rings. The van der Waals surface area contributed by atoms with Crippen LogP contribution < -0.4 is 5.73 Å². The number of nitrogen functional groups attached to an aromatic ring is 1. The molecule has 3 rings (SSSR count). The van der Waals surface area contributed by atoms with Crippen LogP contribution in [0, 0.1) is 6.92 Å². The highest BCUT2D eigenvalue weighted by Crippen LogP contribution is 2.24. The minimum Gasteiger partial charge on any atom is -0.397 e. The topological polar surface area (TPSA) is 69.6 Å². The normalized spacial score (nSPS) is 11.0. The molecule has 0 spiro atoms. The Hall–Kier alpha value is -2.43. The van der Waals surface area contributed by atoms with E-state index >= 15 is 0 Å². The Kier molecular flexibility index (Phi) is 2.26. The SMILES string of the molecule is [CH2]c1ccc2nc(-c3cnn(C)c3)cc(N)c2n1. The van der Waals surface area contributed by atoms with Gasteiger partial charge in [0.2, 0.25) is 0 Å². The van der Waals surface area contributed by atoms with E-state index in [-0.39, 0.29) is 0 Å². The molecule has 1 radical (unpaired) electrons. The third-order valence-corrected chi connectivity index (χ3v) is 2.74. The Labute approximate surface area is 104 Å². The van der Waals surface area contributed by atoms with E-state index in [2.05, 4.69) is 22.0 Å².